The predicted molar refractivity (Wildman–Crippen MR) is 64.8 cm³/mol. The van der Waals surface area contributed by atoms with Gasteiger partial charge in [-0.25, -0.2) is 4.39 Å². The van der Waals surface area contributed by atoms with Gasteiger partial charge in [-0.15, -0.1) is 0 Å². The van der Waals surface area contributed by atoms with Crippen molar-refractivity contribution in [2.24, 2.45) is 5.84 Å². The molecule has 3 N–H and O–H groups in total. The fraction of sp³-hybridized carbons (Fsp3) is 0.538. The van der Waals surface area contributed by atoms with E-state index in [1.165, 1.54) is 6.07 Å². The fourth-order valence-electron chi connectivity index (χ4n) is 2.52. The van der Waals surface area contributed by atoms with Crippen LogP contribution < -0.4 is 11.3 Å². The monoisotopic (exact) mass is 238 g/mol. The average molecular weight is 238 g/mol. The van der Waals surface area contributed by atoms with Gasteiger partial charge in [0, 0.05) is 7.11 Å². The molecule has 1 saturated carbocycles. The van der Waals surface area contributed by atoms with Crippen molar-refractivity contribution in [3.63, 3.8) is 0 Å². The number of hydrogen-bond donors (Lipinski definition) is 2. The van der Waals surface area contributed by atoms with Crippen LogP contribution >= 0.6 is 0 Å². The number of hydrazine groups is 1. The molecule has 1 aromatic carbocycles. The van der Waals surface area contributed by atoms with Crippen molar-refractivity contribution in [1.82, 2.24) is 5.43 Å². The van der Waals surface area contributed by atoms with E-state index in [-0.39, 0.29) is 17.5 Å². The van der Waals surface area contributed by atoms with Gasteiger partial charge in [0.05, 0.1) is 11.6 Å². The highest BCUT2D eigenvalue weighted by Gasteiger charge is 2.43. The van der Waals surface area contributed by atoms with Crippen LogP contribution in [0.25, 0.3) is 0 Å². The fourth-order valence-corrected chi connectivity index (χ4v) is 2.52. The Bertz CT molecular complexity index is 374. The number of nitrogens with one attached hydrogen (secondary N) is 1. The van der Waals surface area contributed by atoms with Crippen LogP contribution in [0, 0.1) is 5.82 Å². The molecule has 1 unspecified atom stereocenters. The summed E-state index contributed by atoms with van der Waals surface area (Å²) in [7, 11) is 1.72. The molecule has 0 heterocycles. The SMILES string of the molecule is COC1(C(Cc2cccc(F)c2)NN)CCC1. The number of ether oxygens (including phenoxy) is 1. The van der Waals surface area contributed by atoms with E-state index < -0.39 is 0 Å². The van der Waals surface area contributed by atoms with E-state index in [0.717, 1.165) is 24.8 Å². The van der Waals surface area contributed by atoms with E-state index in [1.54, 1.807) is 19.2 Å². The highest BCUT2D eigenvalue weighted by atomic mass is 19.1. The highest BCUT2D eigenvalue weighted by Crippen LogP contribution is 2.38. The maximum Gasteiger partial charge on any atom is 0.123 e. The first-order valence-electron chi connectivity index (χ1n) is 5.96. The van der Waals surface area contributed by atoms with Gasteiger partial charge in [-0.1, -0.05) is 12.1 Å². The van der Waals surface area contributed by atoms with Gasteiger partial charge in [0.1, 0.15) is 5.82 Å². The van der Waals surface area contributed by atoms with Crippen LogP contribution in [0.3, 0.4) is 0 Å². The van der Waals surface area contributed by atoms with E-state index in [0.29, 0.717) is 6.42 Å². The van der Waals surface area contributed by atoms with Crippen LogP contribution in [0.4, 0.5) is 4.39 Å². The Hall–Kier alpha value is -0.970. The highest BCUT2D eigenvalue weighted by molar-refractivity contribution is 5.19. The lowest BCUT2D eigenvalue weighted by Crippen LogP contribution is -2.59. The van der Waals surface area contributed by atoms with Gasteiger partial charge in [-0.2, -0.15) is 0 Å². The second-order valence-corrected chi connectivity index (χ2v) is 4.68. The third-order valence-electron chi connectivity index (χ3n) is 3.77. The molecule has 1 fully saturated rings. The summed E-state index contributed by atoms with van der Waals surface area (Å²) in [4.78, 5) is 0. The molecule has 1 atom stereocenters. The van der Waals surface area contributed by atoms with E-state index in [4.69, 9.17) is 10.6 Å². The first kappa shape index (κ1) is 12.5. The van der Waals surface area contributed by atoms with E-state index >= 15 is 0 Å². The summed E-state index contributed by atoms with van der Waals surface area (Å²) in [6, 6.07) is 6.66. The Kier molecular flexibility index (Phi) is 3.76. The lowest BCUT2D eigenvalue weighted by molar-refractivity contribution is -0.0982. The maximum atomic E-state index is 13.1. The summed E-state index contributed by atoms with van der Waals surface area (Å²) < 4.78 is 18.7. The van der Waals surface area contributed by atoms with Crippen LogP contribution in [0.5, 0.6) is 0 Å². The summed E-state index contributed by atoms with van der Waals surface area (Å²) in [5.74, 6) is 5.40. The van der Waals surface area contributed by atoms with Crippen molar-refractivity contribution < 1.29 is 9.13 Å². The molecule has 1 aromatic rings. The molecule has 0 bridgehead atoms. The molecular formula is C13H19FN2O. The molecule has 17 heavy (non-hydrogen) atoms. The number of halogens is 1. The van der Waals surface area contributed by atoms with Gasteiger partial charge in [0.15, 0.2) is 0 Å². The zero-order chi connectivity index (χ0) is 12.3. The first-order valence-corrected chi connectivity index (χ1v) is 5.96. The smallest absolute Gasteiger partial charge is 0.123 e. The van der Waals surface area contributed by atoms with Crippen molar-refractivity contribution in [2.75, 3.05) is 7.11 Å². The minimum absolute atomic E-state index is 0.0306. The van der Waals surface area contributed by atoms with Crippen LogP contribution in [0.2, 0.25) is 0 Å². The molecule has 1 aliphatic carbocycles. The molecule has 0 spiro atoms. The van der Waals surface area contributed by atoms with Gasteiger partial charge in [0.2, 0.25) is 0 Å². The third-order valence-corrected chi connectivity index (χ3v) is 3.77. The van der Waals surface area contributed by atoms with E-state index in [9.17, 15) is 4.39 Å². The predicted octanol–water partition coefficient (Wildman–Crippen LogP) is 1.77. The van der Waals surface area contributed by atoms with Crippen molar-refractivity contribution in [3.8, 4) is 0 Å². The lowest BCUT2D eigenvalue weighted by atomic mass is 9.73. The summed E-state index contributed by atoms with van der Waals surface area (Å²) in [6.07, 6.45) is 3.86. The standard InChI is InChI=1S/C13H19FN2O/c1-17-13(6-3-7-13)12(16-15)9-10-4-2-5-11(14)8-10/h2,4-5,8,12,16H,3,6-7,9,15H2,1H3. The number of rotatable bonds is 5. The molecule has 94 valence electrons. The second kappa shape index (κ2) is 5.12. The molecule has 1 aliphatic rings. The molecule has 0 amide bonds. The summed E-state index contributed by atoms with van der Waals surface area (Å²) in [6.45, 7) is 0. The van der Waals surface area contributed by atoms with Gasteiger partial charge < -0.3 is 4.74 Å². The minimum Gasteiger partial charge on any atom is -0.377 e. The van der Waals surface area contributed by atoms with Gasteiger partial charge in [-0.3, -0.25) is 11.3 Å². The Morgan fingerprint density at radius 1 is 1.53 bits per heavy atom. The molecule has 0 radical (unpaired) electrons. The third kappa shape index (κ3) is 2.49. The molecule has 4 heteroatoms. The van der Waals surface area contributed by atoms with E-state index in [1.807, 2.05) is 6.07 Å². The lowest BCUT2D eigenvalue weighted by Gasteiger charge is -2.46. The number of nitrogens with two attached hydrogens (primary N) is 1. The summed E-state index contributed by atoms with van der Waals surface area (Å²) in [5, 5.41) is 0. The molecule has 2 rings (SSSR count). The van der Waals surface area contributed by atoms with Crippen molar-refractivity contribution in [1.29, 1.82) is 0 Å². The van der Waals surface area contributed by atoms with Crippen molar-refractivity contribution in [2.45, 2.75) is 37.3 Å². The number of benzene rings is 1. The van der Waals surface area contributed by atoms with Crippen LogP contribution in [0.1, 0.15) is 24.8 Å². The molecule has 0 aromatic heterocycles. The Morgan fingerprint density at radius 3 is 2.76 bits per heavy atom. The zero-order valence-corrected chi connectivity index (χ0v) is 10.1. The largest absolute Gasteiger partial charge is 0.377 e. The Balaban J connectivity index is 2.09. The topological polar surface area (TPSA) is 47.3 Å². The minimum atomic E-state index is -0.210. The maximum absolute atomic E-state index is 13.1. The number of hydrogen-bond acceptors (Lipinski definition) is 3. The van der Waals surface area contributed by atoms with Crippen LogP contribution in [0.15, 0.2) is 24.3 Å². The summed E-state index contributed by atoms with van der Waals surface area (Å²) >= 11 is 0. The first-order chi connectivity index (χ1) is 8.20. The van der Waals surface area contributed by atoms with Gasteiger partial charge in [-0.05, 0) is 43.4 Å². The van der Waals surface area contributed by atoms with Crippen LogP contribution in [-0.2, 0) is 11.2 Å². The molecule has 0 saturated heterocycles. The van der Waals surface area contributed by atoms with E-state index in [2.05, 4.69) is 5.43 Å². The van der Waals surface area contributed by atoms with Crippen molar-refractivity contribution >= 4 is 0 Å². The summed E-state index contributed by atoms with van der Waals surface area (Å²) in [5.41, 5.74) is 3.58. The second-order valence-electron chi connectivity index (χ2n) is 4.68. The molecule has 0 aliphatic heterocycles. The quantitative estimate of drug-likeness (QED) is 0.607. The van der Waals surface area contributed by atoms with Crippen LogP contribution in [-0.4, -0.2) is 18.8 Å². The molecule has 3 nitrogen and oxygen atoms in total. The van der Waals surface area contributed by atoms with Gasteiger partial charge in [0.25, 0.3) is 0 Å². The average Bonchev–Trinajstić information content (AvgIpc) is 2.27. The van der Waals surface area contributed by atoms with Gasteiger partial charge >= 0.3 is 0 Å². The zero-order valence-electron chi connectivity index (χ0n) is 10.1. The Labute approximate surface area is 101 Å². The number of methoxy groups -OCH3 is 1. The Morgan fingerprint density at radius 2 is 2.29 bits per heavy atom. The van der Waals surface area contributed by atoms with Crippen molar-refractivity contribution in [3.05, 3.63) is 35.6 Å². The normalized spacial score (nSPS) is 19.7. The molecular weight excluding hydrogens is 219 g/mol.